The fourth-order valence-electron chi connectivity index (χ4n) is 3.55. The second-order valence-electron chi connectivity index (χ2n) is 7.01. The van der Waals surface area contributed by atoms with E-state index in [2.05, 4.69) is 15.5 Å². The lowest BCUT2D eigenvalue weighted by atomic mass is 9.97. The Morgan fingerprint density at radius 2 is 1.79 bits per heavy atom. The third kappa shape index (κ3) is 4.01. The Morgan fingerprint density at radius 3 is 2.48 bits per heavy atom. The quantitative estimate of drug-likeness (QED) is 0.716. The standard InChI is InChI=1S/C21H19F3N4O/c22-21(23,24)16-10-8-14(9-11-16)13-25-20(29)17-7-4-12-28-18(26-27-19(17)28)15-5-2-1-3-6-15/h1-3,5-6,8-11,17H,4,7,12-13H2,(H,25,29). The van der Waals surface area contributed by atoms with Crippen molar-refractivity contribution < 1.29 is 18.0 Å². The molecule has 0 spiro atoms. The molecule has 0 aliphatic carbocycles. The van der Waals surface area contributed by atoms with E-state index < -0.39 is 17.7 Å². The molecule has 0 bridgehead atoms. The van der Waals surface area contributed by atoms with E-state index in [9.17, 15) is 18.0 Å². The van der Waals surface area contributed by atoms with Crippen molar-refractivity contribution in [1.29, 1.82) is 0 Å². The molecule has 0 fully saturated rings. The van der Waals surface area contributed by atoms with Crippen molar-refractivity contribution in [1.82, 2.24) is 20.1 Å². The smallest absolute Gasteiger partial charge is 0.351 e. The van der Waals surface area contributed by atoms with Gasteiger partial charge in [-0.2, -0.15) is 13.2 Å². The molecule has 4 rings (SSSR count). The number of hydrogen-bond donors (Lipinski definition) is 1. The van der Waals surface area contributed by atoms with Crippen LogP contribution < -0.4 is 5.32 Å². The minimum absolute atomic E-state index is 0.160. The first-order valence-electron chi connectivity index (χ1n) is 9.36. The Bertz CT molecular complexity index is 997. The fraction of sp³-hybridized carbons (Fsp3) is 0.286. The SMILES string of the molecule is O=C(NCc1ccc(C(F)(F)F)cc1)C1CCCn2c(-c3ccccc3)nnc21. The lowest BCUT2D eigenvalue weighted by Crippen LogP contribution is -2.33. The Balaban J connectivity index is 1.46. The second kappa shape index (κ2) is 7.69. The molecule has 0 radical (unpaired) electrons. The topological polar surface area (TPSA) is 59.8 Å². The lowest BCUT2D eigenvalue weighted by molar-refractivity contribution is -0.137. The molecule has 0 saturated carbocycles. The summed E-state index contributed by atoms with van der Waals surface area (Å²) in [6.07, 6.45) is -2.89. The number of amides is 1. The summed E-state index contributed by atoms with van der Waals surface area (Å²) in [6, 6.07) is 14.5. The predicted octanol–water partition coefficient (Wildman–Crippen LogP) is 4.16. The van der Waals surface area contributed by atoms with Crippen LogP contribution in [-0.4, -0.2) is 20.7 Å². The van der Waals surface area contributed by atoms with Gasteiger partial charge in [-0.05, 0) is 30.5 Å². The Kier molecular flexibility index (Phi) is 5.08. The molecule has 150 valence electrons. The third-order valence-electron chi connectivity index (χ3n) is 5.06. The van der Waals surface area contributed by atoms with Crippen molar-refractivity contribution in [3.63, 3.8) is 0 Å². The van der Waals surface area contributed by atoms with Crippen molar-refractivity contribution >= 4 is 5.91 Å². The summed E-state index contributed by atoms with van der Waals surface area (Å²) in [5.41, 5.74) is 0.840. The molecule has 1 amide bonds. The molecular weight excluding hydrogens is 381 g/mol. The summed E-state index contributed by atoms with van der Waals surface area (Å²) in [5.74, 6) is 0.738. The summed E-state index contributed by atoms with van der Waals surface area (Å²) in [6.45, 7) is 0.905. The minimum Gasteiger partial charge on any atom is -0.351 e. The van der Waals surface area contributed by atoms with Crippen molar-refractivity contribution in [3.8, 4) is 11.4 Å². The zero-order valence-electron chi connectivity index (χ0n) is 15.5. The van der Waals surface area contributed by atoms with Crippen LogP contribution in [0.3, 0.4) is 0 Å². The van der Waals surface area contributed by atoms with Gasteiger partial charge in [0, 0.05) is 18.7 Å². The summed E-state index contributed by atoms with van der Waals surface area (Å²) in [7, 11) is 0. The number of nitrogens with one attached hydrogen (secondary N) is 1. The Hall–Kier alpha value is -3.16. The van der Waals surface area contributed by atoms with Crippen LogP contribution in [0.1, 0.15) is 35.7 Å². The average molecular weight is 400 g/mol. The molecule has 0 saturated heterocycles. The molecule has 1 atom stereocenters. The van der Waals surface area contributed by atoms with Crippen LogP contribution in [0.15, 0.2) is 54.6 Å². The molecular formula is C21H19F3N4O. The maximum absolute atomic E-state index is 12.7. The molecule has 5 nitrogen and oxygen atoms in total. The van der Waals surface area contributed by atoms with Gasteiger partial charge >= 0.3 is 6.18 Å². The zero-order valence-corrected chi connectivity index (χ0v) is 15.5. The van der Waals surface area contributed by atoms with Gasteiger partial charge < -0.3 is 9.88 Å². The van der Waals surface area contributed by atoms with Crippen LogP contribution >= 0.6 is 0 Å². The summed E-state index contributed by atoms with van der Waals surface area (Å²) >= 11 is 0. The molecule has 1 aromatic heterocycles. The van der Waals surface area contributed by atoms with Gasteiger partial charge in [-0.3, -0.25) is 4.79 Å². The molecule has 8 heteroatoms. The lowest BCUT2D eigenvalue weighted by Gasteiger charge is -2.23. The van der Waals surface area contributed by atoms with Gasteiger partial charge in [0.2, 0.25) is 5.91 Å². The van der Waals surface area contributed by atoms with Gasteiger partial charge in [-0.1, -0.05) is 42.5 Å². The second-order valence-corrected chi connectivity index (χ2v) is 7.01. The molecule has 1 aliphatic heterocycles. The number of carbonyl (C=O) groups excluding carboxylic acids is 1. The fourth-order valence-corrected chi connectivity index (χ4v) is 3.55. The molecule has 3 aromatic rings. The Morgan fingerprint density at radius 1 is 1.07 bits per heavy atom. The third-order valence-corrected chi connectivity index (χ3v) is 5.06. The van der Waals surface area contributed by atoms with Gasteiger partial charge in [-0.15, -0.1) is 10.2 Å². The summed E-state index contributed by atoms with van der Waals surface area (Å²) in [4.78, 5) is 12.7. The van der Waals surface area contributed by atoms with E-state index in [1.54, 1.807) is 0 Å². The highest BCUT2D eigenvalue weighted by Gasteiger charge is 2.31. The van der Waals surface area contributed by atoms with Gasteiger partial charge in [0.15, 0.2) is 5.82 Å². The van der Waals surface area contributed by atoms with Crippen molar-refractivity contribution in [2.24, 2.45) is 0 Å². The van der Waals surface area contributed by atoms with Gasteiger partial charge in [0.25, 0.3) is 0 Å². The van der Waals surface area contributed by atoms with E-state index in [0.29, 0.717) is 17.8 Å². The van der Waals surface area contributed by atoms with Crippen LogP contribution in [0.25, 0.3) is 11.4 Å². The number of aromatic nitrogens is 3. The highest BCUT2D eigenvalue weighted by Crippen LogP contribution is 2.31. The number of hydrogen-bond acceptors (Lipinski definition) is 3. The predicted molar refractivity (Wildman–Crippen MR) is 101 cm³/mol. The van der Waals surface area contributed by atoms with Gasteiger partial charge in [-0.25, -0.2) is 0 Å². The highest BCUT2D eigenvalue weighted by atomic mass is 19.4. The van der Waals surface area contributed by atoms with E-state index in [1.807, 2.05) is 34.9 Å². The van der Waals surface area contributed by atoms with Crippen LogP contribution in [0.4, 0.5) is 13.2 Å². The van der Waals surface area contributed by atoms with E-state index in [4.69, 9.17) is 0 Å². The molecule has 2 aromatic carbocycles. The summed E-state index contributed by atoms with van der Waals surface area (Å²) in [5, 5.41) is 11.3. The van der Waals surface area contributed by atoms with E-state index in [0.717, 1.165) is 36.5 Å². The minimum atomic E-state index is -4.37. The first-order valence-corrected chi connectivity index (χ1v) is 9.36. The number of nitrogens with zero attached hydrogens (tertiary/aromatic N) is 3. The Labute approximate surface area is 165 Å². The summed E-state index contributed by atoms with van der Waals surface area (Å²) < 4.78 is 39.9. The van der Waals surface area contributed by atoms with Crippen molar-refractivity contribution in [2.75, 3.05) is 0 Å². The molecule has 29 heavy (non-hydrogen) atoms. The first kappa shape index (κ1) is 19.2. The average Bonchev–Trinajstić information content (AvgIpc) is 3.16. The van der Waals surface area contributed by atoms with Gasteiger partial charge in [0.1, 0.15) is 5.82 Å². The van der Waals surface area contributed by atoms with E-state index in [-0.39, 0.29) is 12.5 Å². The number of halogens is 3. The molecule has 1 N–H and O–H groups in total. The zero-order chi connectivity index (χ0) is 20.4. The molecule has 2 heterocycles. The maximum atomic E-state index is 12.7. The monoisotopic (exact) mass is 400 g/mol. The number of benzene rings is 2. The maximum Gasteiger partial charge on any atom is 0.416 e. The largest absolute Gasteiger partial charge is 0.416 e. The first-order chi connectivity index (χ1) is 13.9. The molecule has 1 unspecified atom stereocenters. The number of rotatable bonds is 4. The van der Waals surface area contributed by atoms with Crippen molar-refractivity contribution in [3.05, 3.63) is 71.5 Å². The number of carbonyl (C=O) groups is 1. The van der Waals surface area contributed by atoms with Crippen LogP contribution in [0.5, 0.6) is 0 Å². The molecule has 1 aliphatic rings. The van der Waals surface area contributed by atoms with Crippen LogP contribution in [0, 0.1) is 0 Å². The number of fused-ring (bicyclic) bond motifs is 1. The van der Waals surface area contributed by atoms with E-state index >= 15 is 0 Å². The number of alkyl halides is 3. The van der Waals surface area contributed by atoms with E-state index in [1.165, 1.54) is 12.1 Å². The van der Waals surface area contributed by atoms with Gasteiger partial charge in [0.05, 0.1) is 11.5 Å². The van der Waals surface area contributed by atoms with Crippen LogP contribution in [-0.2, 0) is 24.1 Å². The van der Waals surface area contributed by atoms with Crippen LogP contribution in [0.2, 0.25) is 0 Å². The highest BCUT2D eigenvalue weighted by molar-refractivity contribution is 5.83. The van der Waals surface area contributed by atoms with Crippen molar-refractivity contribution in [2.45, 2.75) is 38.0 Å². The normalized spacial score (nSPS) is 16.3.